The van der Waals surface area contributed by atoms with E-state index in [9.17, 15) is 0 Å². The Morgan fingerprint density at radius 1 is 1.29 bits per heavy atom. The number of rotatable bonds is 1. The van der Waals surface area contributed by atoms with Gasteiger partial charge in [-0.25, -0.2) is 4.98 Å². The first kappa shape index (κ1) is 12.6. The molecule has 1 aromatic rings. The molecule has 4 heteroatoms. The molecule has 0 atom stereocenters. The molecule has 17 heavy (non-hydrogen) atoms. The predicted molar refractivity (Wildman–Crippen MR) is 73.5 cm³/mol. The maximum Gasteiger partial charge on any atom is 0.108 e. The van der Waals surface area contributed by atoms with Crippen LogP contribution >= 0.6 is 15.9 Å². The Hall–Kier alpha value is -0.870. The molecule has 1 saturated heterocycles. The summed E-state index contributed by atoms with van der Waals surface area (Å²) in [5.41, 5.74) is 1.36. The lowest BCUT2D eigenvalue weighted by Gasteiger charge is -2.22. The number of aryl methyl sites for hydroxylation is 1. The summed E-state index contributed by atoms with van der Waals surface area (Å²) in [4.78, 5) is 7.60. The summed E-state index contributed by atoms with van der Waals surface area (Å²) in [7, 11) is 0. The van der Waals surface area contributed by atoms with Crippen LogP contribution in [-0.4, -0.2) is 23.1 Å². The van der Waals surface area contributed by atoms with Crippen molar-refractivity contribution in [2.75, 3.05) is 13.1 Å². The molecule has 2 heterocycles. The highest BCUT2D eigenvalue weighted by atomic mass is 79.9. The van der Waals surface area contributed by atoms with Crippen LogP contribution in [-0.2, 0) is 0 Å². The summed E-state index contributed by atoms with van der Waals surface area (Å²) in [6, 6.07) is 6.21. The lowest BCUT2D eigenvalue weighted by molar-refractivity contribution is 0.460. The molecule has 2 rings (SSSR count). The molecule has 3 nitrogen and oxygen atoms in total. The van der Waals surface area contributed by atoms with Crippen molar-refractivity contribution >= 4 is 15.9 Å². The molecular formula is C13H18BrN3. The zero-order valence-corrected chi connectivity index (χ0v) is 11.6. The first-order valence-corrected chi connectivity index (χ1v) is 6.81. The summed E-state index contributed by atoms with van der Waals surface area (Å²) in [6.45, 7) is 4.20. The SMILES string of the molecule is Cc1nc(Br)cccc(C2CCNCC2)c[nH]1. The second kappa shape index (κ2) is 6.17. The molecule has 0 bridgehead atoms. The van der Waals surface area contributed by atoms with Crippen molar-refractivity contribution in [1.29, 1.82) is 0 Å². The van der Waals surface area contributed by atoms with Crippen LogP contribution in [0.2, 0.25) is 0 Å². The van der Waals surface area contributed by atoms with Crippen LogP contribution in [0.25, 0.3) is 0 Å². The highest BCUT2D eigenvalue weighted by Crippen LogP contribution is 2.23. The normalized spacial score (nSPS) is 16.6. The van der Waals surface area contributed by atoms with E-state index < -0.39 is 0 Å². The van der Waals surface area contributed by atoms with Crippen molar-refractivity contribution in [2.45, 2.75) is 25.7 Å². The number of H-pyrrole nitrogens is 1. The van der Waals surface area contributed by atoms with Gasteiger partial charge in [-0.15, -0.1) is 0 Å². The molecule has 1 fully saturated rings. The van der Waals surface area contributed by atoms with Crippen molar-refractivity contribution in [2.24, 2.45) is 0 Å². The van der Waals surface area contributed by atoms with Crippen LogP contribution in [0.5, 0.6) is 0 Å². The molecule has 0 spiro atoms. The molecule has 2 N–H and O–H groups in total. The largest absolute Gasteiger partial charge is 0.350 e. The van der Waals surface area contributed by atoms with E-state index in [1.165, 1.54) is 18.4 Å². The first-order valence-electron chi connectivity index (χ1n) is 6.02. The first-order chi connectivity index (χ1) is 8.25. The standard InChI is InChI=1S/C13H18BrN3/c1-10-16-9-12(3-2-4-13(14)17-10)11-5-7-15-8-6-11/h2-4,9,11,15H,5-8H2,1H3,(H,16,17). The molecule has 0 unspecified atom stereocenters. The molecule has 0 amide bonds. The Labute approximate surface area is 111 Å². The van der Waals surface area contributed by atoms with E-state index in [2.05, 4.69) is 49.5 Å². The van der Waals surface area contributed by atoms with Gasteiger partial charge in [-0.05, 0) is 66.3 Å². The van der Waals surface area contributed by atoms with E-state index in [1.54, 1.807) is 0 Å². The van der Waals surface area contributed by atoms with Crippen LogP contribution in [0.15, 0.2) is 29.0 Å². The van der Waals surface area contributed by atoms with Gasteiger partial charge in [0, 0.05) is 6.20 Å². The van der Waals surface area contributed by atoms with E-state index in [1.807, 2.05) is 13.0 Å². The van der Waals surface area contributed by atoms with Crippen molar-refractivity contribution in [3.05, 3.63) is 40.4 Å². The van der Waals surface area contributed by atoms with Crippen LogP contribution in [0.3, 0.4) is 0 Å². The average Bonchev–Trinajstić information content (AvgIpc) is 2.41. The van der Waals surface area contributed by atoms with Crippen molar-refractivity contribution in [3.8, 4) is 0 Å². The second-order valence-electron chi connectivity index (χ2n) is 4.36. The Morgan fingerprint density at radius 2 is 2.06 bits per heavy atom. The number of nitrogens with one attached hydrogen (secondary N) is 2. The Balaban J connectivity index is 2.34. The van der Waals surface area contributed by atoms with Crippen LogP contribution in [0.1, 0.15) is 30.1 Å². The fourth-order valence-corrected chi connectivity index (χ4v) is 2.53. The fourth-order valence-electron chi connectivity index (χ4n) is 2.11. The molecule has 0 radical (unpaired) electrons. The van der Waals surface area contributed by atoms with E-state index in [-0.39, 0.29) is 0 Å². The topological polar surface area (TPSA) is 40.7 Å². The molecule has 0 aliphatic carbocycles. The van der Waals surface area contributed by atoms with E-state index >= 15 is 0 Å². The molecule has 1 aliphatic heterocycles. The fraction of sp³-hybridized carbons (Fsp3) is 0.462. The van der Waals surface area contributed by atoms with Gasteiger partial charge < -0.3 is 10.3 Å². The van der Waals surface area contributed by atoms with Gasteiger partial charge in [0.2, 0.25) is 0 Å². The number of nitrogens with zero attached hydrogens (tertiary/aromatic N) is 1. The third kappa shape index (κ3) is 3.82. The van der Waals surface area contributed by atoms with Crippen molar-refractivity contribution < 1.29 is 0 Å². The minimum Gasteiger partial charge on any atom is -0.350 e. The lowest BCUT2D eigenvalue weighted by Crippen LogP contribution is -2.26. The highest BCUT2D eigenvalue weighted by Gasteiger charge is 2.13. The number of hydrogen-bond donors (Lipinski definition) is 2. The highest BCUT2D eigenvalue weighted by molar-refractivity contribution is 9.10. The maximum atomic E-state index is 4.35. The molecule has 0 aromatic carbocycles. The van der Waals surface area contributed by atoms with Crippen molar-refractivity contribution in [1.82, 2.24) is 15.3 Å². The predicted octanol–water partition coefficient (Wildman–Crippen LogP) is 3.07. The minimum atomic E-state index is 0.651. The summed E-state index contributed by atoms with van der Waals surface area (Å²) in [5, 5.41) is 3.40. The third-order valence-corrected chi connectivity index (χ3v) is 3.50. The number of aromatic amines is 1. The van der Waals surface area contributed by atoms with Gasteiger partial charge in [0.1, 0.15) is 10.4 Å². The number of piperidine rings is 1. The van der Waals surface area contributed by atoms with E-state index in [0.717, 1.165) is 23.5 Å². The van der Waals surface area contributed by atoms with Gasteiger partial charge in [-0.3, -0.25) is 0 Å². The molecular weight excluding hydrogens is 278 g/mol. The maximum absolute atomic E-state index is 4.35. The monoisotopic (exact) mass is 295 g/mol. The minimum absolute atomic E-state index is 0.651. The second-order valence-corrected chi connectivity index (χ2v) is 5.17. The Bertz CT molecular complexity index is 421. The Kier molecular flexibility index (Phi) is 4.57. The summed E-state index contributed by atoms with van der Waals surface area (Å²) in [6.07, 6.45) is 4.50. The molecule has 0 saturated carbocycles. The number of hydrogen-bond acceptors (Lipinski definition) is 2. The van der Waals surface area contributed by atoms with Crippen molar-refractivity contribution in [3.63, 3.8) is 0 Å². The number of halogens is 1. The molecule has 92 valence electrons. The van der Waals surface area contributed by atoms with Gasteiger partial charge in [0.25, 0.3) is 0 Å². The van der Waals surface area contributed by atoms with Gasteiger partial charge in [0.05, 0.1) is 0 Å². The van der Waals surface area contributed by atoms with Gasteiger partial charge in [-0.2, -0.15) is 0 Å². The molecule has 1 aliphatic rings. The van der Waals surface area contributed by atoms with E-state index in [4.69, 9.17) is 0 Å². The summed E-state index contributed by atoms with van der Waals surface area (Å²) in [5.74, 6) is 1.56. The Morgan fingerprint density at radius 3 is 2.82 bits per heavy atom. The van der Waals surface area contributed by atoms with Gasteiger partial charge in [-0.1, -0.05) is 12.1 Å². The van der Waals surface area contributed by atoms with Gasteiger partial charge in [0.15, 0.2) is 0 Å². The summed E-state index contributed by atoms with van der Waals surface area (Å²) >= 11 is 3.41. The van der Waals surface area contributed by atoms with Gasteiger partial charge >= 0.3 is 0 Å². The molecule has 1 aromatic heterocycles. The van der Waals surface area contributed by atoms with E-state index in [0.29, 0.717) is 5.92 Å². The zero-order chi connectivity index (χ0) is 12.1. The van der Waals surface area contributed by atoms with Crippen LogP contribution in [0.4, 0.5) is 0 Å². The zero-order valence-electron chi connectivity index (χ0n) is 10.0. The number of aromatic nitrogens is 2. The van der Waals surface area contributed by atoms with Crippen LogP contribution < -0.4 is 5.32 Å². The smallest absolute Gasteiger partial charge is 0.108 e. The summed E-state index contributed by atoms with van der Waals surface area (Å²) < 4.78 is 0.846. The quantitative estimate of drug-likeness (QED) is 0.836. The van der Waals surface area contributed by atoms with Crippen LogP contribution in [0, 0.1) is 6.92 Å². The third-order valence-electron chi connectivity index (χ3n) is 3.06. The average molecular weight is 296 g/mol. The lowest BCUT2D eigenvalue weighted by atomic mass is 9.92.